The highest BCUT2D eigenvalue weighted by molar-refractivity contribution is 5.77. The minimum absolute atomic E-state index is 0.260. The molecule has 0 unspecified atom stereocenters. The Labute approximate surface area is 115 Å². The normalized spacial score (nSPS) is 10.7. The highest BCUT2D eigenvalue weighted by Gasteiger charge is 2.05. The second-order valence-electron chi connectivity index (χ2n) is 4.34. The monoisotopic (exact) mass is 272 g/mol. The van der Waals surface area contributed by atoms with E-state index in [-0.39, 0.29) is 5.82 Å². The van der Waals surface area contributed by atoms with Crippen LogP contribution < -0.4 is 9.47 Å². The van der Waals surface area contributed by atoms with Crippen LogP contribution in [0.3, 0.4) is 0 Å². The summed E-state index contributed by atoms with van der Waals surface area (Å²) in [7, 11) is 1.61. The molecule has 0 saturated carbocycles. The molecule has 0 bridgehead atoms. The topological polar surface area (TPSA) is 47.1 Å². The van der Waals surface area contributed by atoms with Crippen molar-refractivity contribution in [3.05, 3.63) is 53.8 Å². The van der Waals surface area contributed by atoms with E-state index in [0.717, 1.165) is 22.3 Å². The average molecular weight is 272 g/mol. The number of halogens is 1. The lowest BCUT2D eigenvalue weighted by Crippen LogP contribution is -1.96. The third-order valence-electron chi connectivity index (χ3n) is 2.96. The van der Waals surface area contributed by atoms with Gasteiger partial charge in [-0.1, -0.05) is 12.1 Å². The number of aromatic amines is 1. The summed E-state index contributed by atoms with van der Waals surface area (Å²) >= 11 is 0. The molecular weight excluding hydrogens is 259 g/mol. The van der Waals surface area contributed by atoms with E-state index in [0.29, 0.717) is 12.6 Å². The summed E-state index contributed by atoms with van der Waals surface area (Å²) in [6.45, 7) is 0.331. The quantitative estimate of drug-likeness (QED) is 0.792. The Morgan fingerprint density at radius 2 is 1.95 bits per heavy atom. The van der Waals surface area contributed by atoms with Crippen molar-refractivity contribution in [3.8, 4) is 11.8 Å². The Morgan fingerprint density at radius 3 is 2.70 bits per heavy atom. The highest BCUT2D eigenvalue weighted by atomic mass is 19.1. The van der Waals surface area contributed by atoms with Crippen molar-refractivity contribution in [2.24, 2.45) is 0 Å². The molecule has 0 radical (unpaired) electrons. The Morgan fingerprint density at radius 1 is 1.15 bits per heavy atom. The van der Waals surface area contributed by atoms with Gasteiger partial charge in [0, 0.05) is 6.07 Å². The molecule has 0 spiro atoms. The Bertz CT molecular complexity index is 722. The van der Waals surface area contributed by atoms with Crippen LogP contribution in [0.2, 0.25) is 0 Å². The standard InChI is InChI=1S/C15H13FN2O2/c1-19-12-6-7-13-14(8-12)18-15(17-13)20-9-10-2-4-11(16)5-3-10/h2-8H,9H2,1H3,(H,17,18). The molecule has 0 amide bonds. The van der Waals surface area contributed by atoms with Gasteiger partial charge in [0.15, 0.2) is 0 Å². The van der Waals surface area contributed by atoms with E-state index in [1.807, 2.05) is 18.2 Å². The van der Waals surface area contributed by atoms with E-state index in [1.165, 1.54) is 12.1 Å². The molecule has 1 N–H and O–H groups in total. The molecular formula is C15H13FN2O2. The molecule has 102 valence electrons. The van der Waals surface area contributed by atoms with Crippen molar-refractivity contribution >= 4 is 11.0 Å². The number of nitrogens with one attached hydrogen (secondary N) is 1. The smallest absolute Gasteiger partial charge is 0.294 e. The summed E-state index contributed by atoms with van der Waals surface area (Å²) in [5.41, 5.74) is 2.53. The number of hydrogen-bond donors (Lipinski definition) is 1. The van der Waals surface area contributed by atoms with Crippen LogP contribution in [0, 0.1) is 5.82 Å². The molecule has 0 saturated heterocycles. The third kappa shape index (κ3) is 2.56. The van der Waals surface area contributed by atoms with Gasteiger partial charge in [-0.05, 0) is 29.8 Å². The van der Waals surface area contributed by atoms with Crippen LogP contribution in [0.25, 0.3) is 11.0 Å². The van der Waals surface area contributed by atoms with Crippen molar-refractivity contribution < 1.29 is 13.9 Å². The lowest BCUT2D eigenvalue weighted by Gasteiger charge is -2.02. The first-order chi connectivity index (χ1) is 9.74. The first-order valence-corrected chi connectivity index (χ1v) is 6.15. The zero-order valence-electron chi connectivity index (χ0n) is 10.9. The molecule has 20 heavy (non-hydrogen) atoms. The van der Waals surface area contributed by atoms with E-state index < -0.39 is 0 Å². The Kier molecular flexibility index (Phi) is 3.25. The van der Waals surface area contributed by atoms with Gasteiger partial charge in [0.25, 0.3) is 6.01 Å². The Hall–Kier alpha value is -2.56. The minimum atomic E-state index is -0.260. The van der Waals surface area contributed by atoms with E-state index in [4.69, 9.17) is 9.47 Å². The maximum Gasteiger partial charge on any atom is 0.294 e. The third-order valence-corrected chi connectivity index (χ3v) is 2.96. The van der Waals surface area contributed by atoms with E-state index in [1.54, 1.807) is 19.2 Å². The molecule has 1 aromatic heterocycles. The van der Waals surface area contributed by atoms with Crippen LogP contribution in [0.1, 0.15) is 5.56 Å². The van der Waals surface area contributed by atoms with E-state index >= 15 is 0 Å². The van der Waals surface area contributed by atoms with Crippen LogP contribution in [0.4, 0.5) is 4.39 Å². The fraction of sp³-hybridized carbons (Fsp3) is 0.133. The molecule has 4 nitrogen and oxygen atoms in total. The number of hydrogen-bond acceptors (Lipinski definition) is 3. The number of rotatable bonds is 4. The maximum absolute atomic E-state index is 12.8. The first kappa shape index (κ1) is 12.5. The van der Waals surface area contributed by atoms with Crippen LogP contribution in [0.15, 0.2) is 42.5 Å². The molecule has 0 fully saturated rings. The van der Waals surface area contributed by atoms with Gasteiger partial charge < -0.3 is 14.5 Å². The summed E-state index contributed by atoms with van der Waals surface area (Å²) in [6, 6.07) is 12.2. The van der Waals surface area contributed by atoms with Gasteiger partial charge >= 0.3 is 0 Å². The number of methoxy groups -OCH3 is 1. The van der Waals surface area contributed by atoms with Gasteiger partial charge in [-0.15, -0.1) is 0 Å². The minimum Gasteiger partial charge on any atom is -0.497 e. The molecule has 5 heteroatoms. The fourth-order valence-electron chi connectivity index (χ4n) is 1.89. The summed E-state index contributed by atoms with van der Waals surface area (Å²) < 4.78 is 23.5. The largest absolute Gasteiger partial charge is 0.497 e. The number of benzene rings is 2. The molecule has 3 rings (SSSR count). The van der Waals surface area contributed by atoms with Crippen LogP contribution in [-0.4, -0.2) is 17.1 Å². The Balaban J connectivity index is 1.75. The van der Waals surface area contributed by atoms with Gasteiger partial charge in [-0.3, -0.25) is 0 Å². The number of fused-ring (bicyclic) bond motifs is 1. The van der Waals surface area contributed by atoms with Gasteiger partial charge in [-0.25, -0.2) is 4.39 Å². The average Bonchev–Trinajstić information content (AvgIpc) is 2.88. The summed E-state index contributed by atoms with van der Waals surface area (Å²) in [6.07, 6.45) is 0. The lowest BCUT2D eigenvalue weighted by molar-refractivity contribution is 0.284. The van der Waals surface area contributed by atoms with E-state index in [9.17, 15) is 4.39 Å². The van der Waals surface area contributed by atoms with Crippen molar-refractivity contribution in [2.45, 2.75) is 6.61 Å². The molecule has 3 aromatic rings. The molecule has 0 aliphatic carbocycles. The number of nitrogens with zero attached hydrogens (tertiary/aromatic N) is 1. The van der Waals surface area contributed by atoms with Gasteiger partial charge in [0.2, 0.25) is 0 Å². The van der Waals surface area contributed by atoms with Gasteiger partial charge in [0.05, 0.1) is 18.1 Å². The maximum atomic E-state index is 12.8. The van der Waals surface area contributed by atoms with Crippen molar-refractivity contribution in [2.75, 3.05) is 7.11 Å². The van der Waals surface area contributed by atoms with E-state index in [2.05, 4.69) is 9.97 Å². The first-order valence-electron chi connectivity index (χ1n) is 6.15. The second-order valence-corrected chi connectivity index (χ2v) is 4.34. The SMILES string of the molecule is COc1ccc2nc(OCc3ccc(F)cc3)[nH]c2c1. The van der Waals surface area contributed by atoms with Crippen molar-refractivity contribution in [3.63, 3.8) is 0 Å². The predicted molar refractivity (Wildman–Crippen MR) is 73.4 cm³/mol. The van der Waals surface area contributed by atoms with Crippen LogP contribution >= 0.6 is 0 Å². The molecule has 0 aliphatic rings. The zero-order chi connectivity index (χ0) is 13.9. The lowest BCUT2D eigenvalue weighted by atomic mass is 10.2. The molecule has 0 aliphatic heterocycles. The van der Waals surface area contributed by atoms with Gasteiger partial charge in [0.1, 0.15) is 18.2 Å². The van der Waals surface area contributed by atoms with Crippen LogP contribution in [-0.2, 0) is 6.61 Å². The summed E-state index contributed by atoms with van der Waals surface area (Å²) in [5, 5.41) is 0. The fourth-order valence-corrected chi connectivity index (χ4v) is 1.89. The van der Waals surface area contributed by atoms with Crippen LogP contribution in [0.5, 0.6) is 11.8 Å². The predicted octanol–water partition coefficient (Wildman–Crippen LogP) is 3.29. The number of H-pyrrole nitrogens is 1. The molecule has 1 heterocycles. The highest BCUT2D eigenvalue weighted by Crippen LogP contribution is 2.21. The second kappa shape index (κ2) is 5.21. The summed E-state index contributed by atoms with van der Waals surface area (Å²) in [4.78, 5) is 7.38. The van der Waals surface area contributed by atoms with Gasteiger partial charge in [-0.2, -0.15) is 4.98 Å². The number of ether oxygens (including phenoxy) is 2. The number of imidazole rings is 1. The molecule has 0 atom stereocenters. The zero-order valence-corrected chi connectivity index (χ0v) is 10.9. The number of aromatic nitrogens is 2. The molecule has 2 aromatic carbocycles. The summed E-state index contributed by atoms with van der Waals surface area (Å²) in [5.74, 6) is 0.496. The van der Waals surface area contributed by atoms with Crippen molar-refractivity contribution in [1.82, 2.24) is 9.97 Å². The van der Waals surface area contributed by atoms with Crippen molar-refractivity contribution in [1.29, 1.82) is 0 Å².